The smallest absolute Gasteiger partial charge is 0.220 e. The zero-order chi connectivity index (χ0) is 11.6. The summed E-state index contributed by atoms with van der Waals surface area (Å²) >= 11 is 0. The Kier molecular flexibility index (Phi) is 7.17. The Morgan fingerprint density at radius 1 is 1.50 bits per heavy atom. The molecule has 1 amide bonds. The molecule has 0 aromatic rings. The fourth-order valence-electron chi connectivity index (χ4n) is 1.65. The van der Waals surface area contributed by atoms with E-state index in [0.717, 1.165) is 32.3 Å². The Morgan fingerprint density at radius 2 is 2.38 bits per heavy atom. The van der Waals surface area contributed by atoms with Gasteiger partial charge in [-0.05, 0) is 25.7 Å². The first kappa shape index (κ1) is 13.5. The van der Waals surface area contributed by atoms with Crippen LogP contribution in [0.15, 0.2) is 0 Å². The van der Waals surface area contributed by atoms with Gasteiger partial charge in [-0.2, -0.15) is 0 Å². The lowest BCUT2D eigenvalue weighted by Gasteiger charge is -2.22. The van der Waals surface area contributed by atoms with Gasteiger partial charge in [0.25, 0.3) is 0 Å². The van der Waals surface area contributed by atoms with Gasteiger partial charge in [0.1, 0.15) is 0 Å². The Hall–Kier alpha value is -0.610. The first-order chi connectivity index (χ1) is 7.83. The Bertz CT molecular complexity index is 191. The molecular formula is C12H23NO3. The van der Waals surface area contributed by atoms with Crippen LogP contribution in [0.5, 0.6) is 0 Å². The number of carbonyl (C=O) groups is 1. The standard InChI is InChI=1S/C12H23NO3/c1-2-3-6-11(14)13-8-10-16-12-7-4-5-9-15-12/h12H,2-10H2,1H3,(H,13,14). The van der Waals surface area contributed by atoms with E-state index in [1.165, 1.54) is 6.42 Å². The maximum atomic E-state index is 11.3. The summed E-state index contributed by atoms with van der Waals surface area (Å²) in [5.74, 6) is 0.120. The molecule has 0 aromatic heterocycles. The summed E-state index contributed by atoms with van der Waals surface area (Å²) in [6.07, 6.45) is 5.86. The third kappa shape index (κ3) is 6.08. The van der Waals surface area contributed by atoms with Gasteiger partial charge in [-0.15, -0.1) is 0 Å². The lowest BCUT2D eigenvalue weighted by atomic mass is 10.2. The first-order valence-electron chi connectivity index (χ1n) is 6.33. The van der Waals surface area contributed by atoms with E-state index < -0.39 is 0 Å². The van der Waals surface area contributed by atoms with E-state index in [1.54, 1.807) is 0 Å². The van der Waals surface area contributed by atoms with E-state index in [2.05, 4.69) is 12.2 Å². The van der Waals surface area contributed by atoms with Crippen molar-refractivity contribution >= 4 is 5.91 Å². The normalized spacial score (nSPS) is 20.7. The molecule has 1 rings (SSSR count). The third-order valence-corrected chi connectivity index (χ3v) is 2.62. The summed E-state index contributed by atoms with van der Waals surface area (Å²) in [4.78, 5) is 11.3. The SMILES string of the molecule is CCCCC(=O)NCCOC1CCCCO1. The fourth-order valence-corrected chi connectivity index (χ4v) is 1.65. The lowest BCUT2D eigenvalue weighted by molar-refractivity contribution is -0.161. The second-order valence-electron chi connectivity index (χ2n) is 4.12. The zero-order valence-corrected chi connectivity index (χ0v) is 10.2. The van der Waals surface area contributed by atoms with Crippen LogP contribution in [0.25, 0.3) is 0 Å². The maximum Gasteiger partial charge on any atom is 0.220 e. The maximum absolute atomic E-state index is 11.3. The van der Waals surface area contributed by atoms with Crippen molar-refractivity contribution in [1.82, 2.24) is 5.32 Å². The monoisotopic (exact) mass is 229 g/mol. The van der Waals surface area contributed by atoms with E-state index >= 15 is 0 Å². The minimum Gasteiger partial charge on any atom is -0.354 e. The summed E-state index contributed by atoms with van der Waals surface area (Å²) in [6, 6.07) is 0. The Morgan fingerprint density at radius 3 is 3.06 bits per heavy atom. The number of carbonyl (C=O) groups excluding carboxylic acids is 1. The van der Waals surface area contributed by atoms with Crippen LogP contribution in [0.2, 0.25) is 0 Å². The van der Waals surface area contributed by atoms with E-state index in [-0.39, 0.29) is 12.2 Å². The van der Waals surface area contributed by atoms with Gasteiger partial charge in [0.15, 0.2) is 6.29 Å². The van der Waals surface area contributed by atoms with Gasteiger partial charge in [0.2, 0.25) is 5.91 Å². The largest absolute Gasteiger partial charge is 0.354 e. The minimum atomic E-state index is -0.0544. The molecule has 1 heterocycles. The molecule has 1 aliphatic rings. The van der Waals surface area contributed by atoms with E-state index in [9.17, 15) is 4.79 Å². The number of unbranched alkanes of at least 4 members (excludes halogenated alkanes) is 1. The van der Waals surface area contributed by atoms with Crippen LogP contribution >= 0.6 is 0 Å². The predicted molar refractivity (Wildman–Crippen MR) is 62.1 cm³/mol. The molecule has 1 unspecified atom stereocenters. The van der Waals surface area contributed by atoms with Crippen molar-refractivity contribution in [2.45, 2.75) is 51.7 Å². The fraction of sp³-hybridized carbons (Fsp3) is 0.917. The molecule has 1 fully saturated rings. The summed E-state index contributed by atoms with van der Waals surface area (Å²) in [6.45, 7) is 4.01. The molecule has 94 valence electrons. The van der Waals surface area contributed by atoms with E-state index in [4.69, 9.17) is 9.47 Å². The second kappa shape index (κ2) is 8.53. The topological polar surface area (TPSA) is 47.6 Å². The van der Waals surface area contributed by atoms with Crippen LogP contribution in [-0.4, -0.2) is 32.0 Å². The van der Waals surface area contributed by atoms with Crippen LogP contribution in [0.4, 0.5) is 0 Å². The van der Waals surface area contributed by atoms with Gasteiger partial charge in [-0.3, -0.25) is 4.79 Å². The van der Waals surface area contributed by atoms with Crippen molar-refractivity contribution in [1.29, 1.82) is 0 Å². The van der Waals surface area contributed by atoms with Gasteiger partial charge >= 0.3 is 0 Å². The van der Waals surface area contributed by atoms with Crippen molar-refractivity contribution < 1.29 is 14.3 Å². The van der Waals surface area contributed by atoms with Crippen LogP contribution in [0.1, 0.15) is 45.4 Å². The minimum absolute atomic E-state index is 0.0544. The van der Waals surface area contributed by atoms with Crippen LogP contribution in [0, 0.1) is 0 Å². The first-order valence-corrected chi connectivity index (χ1v) is 6.33. The lowest BCUT2D eigenvalue weighted by Crippen LogP contribution is -2.30. The van der Waals surface area contributed by atoms with E-state index in [1.807, 2.05) is 0 Å². The molecule has 0 saturated carbocycles. The van der Waals surface area contributed by atoms with Gasteiger partial charge in [0.05, 0.1) is 6.61 Å². The van der Waals surface area contributed by atoms with Gasteiger partial charge in [-0.25, -0.2) is 0 Å². The second-order valence-corrected chi connectivity index (χ2v) is 4.12. The molecular weight excluding hydrogens is 206 g/mol. The molecule has 1 atom stereocenters. The molecule has 4 heteroatoms. The summed E-state index contributed by atoms with van der Waals surface area (Å²) in [5, 5.41) is 2.84. The van der Waals surface area contributed by atoms with Crippen molar-refractivity contribution in [3.05, 3.63) is 0 Å². The van der Waals surface area contributed by atoms with Crippen molar-refractivity contribution in [2.75, 3.05) is 19.8 Å². The molecule has 4 nitrogen and oxygen atoms in total. The number of ether oxygens (including phenoxy) is 2. The van der Waals surface area contributed by atoms with Crippen molar-refractivity contribution in [3.63, 3.8) is 0 Å². The highest BCUT2D eigenvalue weighted by atomic mass is 16.7. The molecule has 0 spiro atoms. The number of nitrogens with one attached hydrogen (secondary N) is 1. The van der Waals surface area contributed by atoms with Crippen molar-refractivity contribution in [2.24, 2.45) is 0 Å². The Balaban J connectivity index is 1.92. The van der Waals surface area contributed by atoms with Gasteiger partial charge in [-0.1, -0.05) is 13.3 Å². The van der Waals surface area contributed by atoms with Gasteiger partial charge in [0, 0.05) is 19.6 Å². The molecule has 0 aromatic carbocycles. The summed E-state index contributed by atoms with van der Waals surface area (Å²) < 4.78 is 10.9. The summed E-state index contributed by atoms with van der Waals surface area (Å²) in [5.41, 5.74) is 0. The molecule has 1 N–H and O–H groups in total. The molecule has 1 saturated heterocycles. The molecule has 0 radical (unpaired) electrons. The number of hydrogen-bond acceptors (Lipinski definition) is 3. The molecule has 1 aliphatic heterocycles. The number of rotatable bonds is 7. The third-order valence-electron chi connectivity index (χ3n) is 2.62. The van der Waals surface area contributed by atoms with Gasteiger partial charge < -0.3 is 14.8 Å². The van der Waals surface area contributed by atoms with Crippen molar-refractivity contribution in [3.8, 4) is 0 Å². The predicted octanol–water partition coefficient (Wildman–Crippen LogP) is 1.84. The molecule has 0 bridgehead atoms. The molecule has 16 heavy (non-hydrogen) atoms. The number of hydrogen-bond donors (Lipinski definition) is 1. The highest BCUT2D eigenvalue weighted by molar-refractivity contribution is 5.75. The van der Waals surface area contributed by atoms with E-state index in [0.29, 0.717) is 19.6 Å². The highest BCUT2D eigenvalue weighted by Gasteiger charge is 2.13. The Labute approximate surface area is 97.7 Å². The van der Waals surface area contributed by atoms with Crippen LogP contribution in [-0.2, 0) is 14.3 Å². The molecule has 0 aliphatic carbocycles. The highest BCUT2D eigenvalue weighted by Crippen LogP contribution is 2.12. The number of amides is 1. The van der Waals surface area contributed by atoms with Crippen LogP contribution < -0.4 is 5.32 Å². The zero-order valence-electron chi connectivity index (χ0n) is 10.2. The average molecular weight is 229 g/mol. The van der Waals surface area contributed by atoms with Crippen LogP contribution in [0.3, 0.4) is 0 Å². The summed E-state index contributed by atoms with van der Waals surface area (Å²) in [7, 11) is 0. The quantitative estimate of drug-likeness (QED) is 0.678. The average Bonchev–Trinajstić information content (AvgIpc) is 2.33.